The lowest BCUT2D eigenvalue weighted by Crippen LogP contribution is -2.43. The number of nitrogens with one attached hydrogen (secondary N) is 1. The molecule has 158 valence electrons. The van der Waals surface area contributed by atoms with Gasteiger partial charge in [-0.15, -0.1) is 0 Å². The molecule has 1 saturated heterocycles. The average molecular weight is 408 g/mol. The van der Waals surface area contributed by atoms with Crippen LogP contribution in [0.5, 0.6) is 0 Å². The molecular formula is C20H27F3N6. The van der Waals surface area contributed by atoms with Gasteiger partial charge in [0.05, 0.1) is 5.56 Å². The van der Waals surface area contributed by atoms with E-state index in [1.807, 2.05) is 6.07 Å². The molecule has 1 aromatic heterocycles. The first kappa shape index (κ1) is 21.2. The third-order valence-electron chi connectivity index (χ3n) is 4.87. The van der Waals surface area contributed by atoms with Crippen LogP contribution in [0.15, 0.2) is 24.3 Å². The number of alkyl halides is 3. The summed E-state index contributed by atoms with van der Waals surface area (Å²) in [4.78, 5) is 11.1. The van der Waals surface area contributed by atoms with Crippen molar-refractivity contribution in [3.05, 3.63) is 35.5 Å². The molecule has 2 heterocycles. The van der Waals surface area contributed by atoms with E-state index >= 15 is 0 Å². The Bertz CT molecular complexity index is 839. The summed E-state index contributed by atoms with van der Waals surface area (Å²) in [5.41, 5.74) is 12.0. The quantitative estimate of drug-likeness (QED) is 0.624. The largest absolute Gasteiger partial charge is 0.416 e. The molecule has 6 nitrogen and oxygen atoms in total. The molecule has 0 bridgehead atoms. The number of rotatable bonds is 6. The Hall–Kier alpha value is -2.55. The zero-order valence-electron chi connectivity index (χ0n) is 16.5. The van der Waals surface area contributed by atoms with Crippen molar-refractivity contribution in [2.45, 2.75) is 51.2 Å². The molecule has 0 saturated carbocycles. The highest BCUT2D eigenvalue weighted by Crippen LogP contribution is 2.33. The van der Waals surface area contributed by atoms with Crippen molar-refractivity contribution in [2.24, 2.45) is 5.73 Å². The molecule has 1 aliphatic heterocycles. The maximum Gasteiger partial charge on any atom is 0.416 e. The van der Waals surface area contributed by atoms with Crippen LogP contribution in [-0.2, 0) is 12.6 Å². The van der Waals surface area contributed by atoms with Crippen molar-refractivity contribution < 1.29 is 13.2 Å². The Morgan fingerprint density at radius 3 is 2.69 bits per heavy atom. The van der Waals surface area contributed by atoms with E-state index in [1.54, 1.807) is 0 Å². The number of nitrogens with two attached hydrogens (primary N) is 2. The van der Waals surface area contributed by atoms with Crippen molar-refractivity contribution >= 4 is 23.1 Å². The van der Waals surface area contributed by atoms with Gasteiger partial charge in [-0.3, -0.25) is 0 Å². The van der Waals surface area contributed by atoms with Gasteiger partial charge in [-0.05, 0) is 43.9 Å². The third-order valence-corrected chi connectivity index (χ3v) is 4.87. The van der Waals surface area contributed by atoms with Crippen LogP contribution < -0.4 is 21.7 Å². The van der Waals surface area contributed by atoms with E-state index in [0.29, 0.717) is 6.54 Å². The van der Waals surface area contributed by atoms with Crippen LogP contribution in [0, 0.1) is 0 Å². The lowest BCUT2D eigenvalue weighted by atomic mass is 10.1. The van der Waals surface area contributed by atoms with Crippen LogP contribution in [0.3, 0.4) is 0 Å². The lowest BCUT2D eigenvalue weighted by Gasteiger charge is -2.32. The van der Waals surface area contributed by atoms with Crippen LogP contribution in [0.2, 0.25) is 0 Å². The molecule has 9 heteroatoms. The Morgan fingerprint density at radius 1 is 1.21 bits per heavy atom. The van der Waals surface area contributed by atoms with Gasteiger partial charge in [0.1, 0.15) is 5.82 Å². The van der Waals surface area contributed by atoms with Crippen LogP contribution in [0.1, 0.15) is 43.9 Å². The summed E-state index contributed by atoms with van der Waals surface area (Å²) in [5.74, 6) is 0.996. The Kier molecular flexibility index (Phi) is 6.46. The van der Waals surface area contributed by atoms with Crippen molar-refractivity contribution in [3.63, 3.8) is 0 Å². The fourth-order valence-corrected chi connectivity index (χ4v) is 3.42. The topological polar surface area (TPSA) is 93.1 Å². The summed E-state index contributed by atoms with van der Waals surface area (Å²) in [7, 11) is 0. The molecule has 2 aromatic rings. The molecule has 1 aliphatic rings. The van der Waals surface area contributed by atoms with E-state index in [4.69, 9.17) is 11.5 Å². The normalized spacial score (nSPS) is 17.4. The minimum atomic E-state index is -4.48. The Morgan fingerprint density at radius 2 is 2.00 bits per heavy atom. The van der Waals surface area contributed by atoms with E-state index in [-0.39, 0.29) is 23.4 Å². The maximum atomic E-state index is 13.1. The highest BCUT2D eigenvalue weighted by Gasteiger charge is 2.31. The predicted molar refractivity (Wildman–Crippen MR) is 109 cm³/mol. The highest BCUT2D eigenvalue weighted by molar-refractivity contribution is 5.63. The zero-order chi connectivity index (χ0) is 21.0. The molecule has 0 spiro atoms. The highest BCUT2D eigenvalue weighted by atomic mass is 19.4. The second kappa shape index (κ2) is 8.86. The number of halogens is 3. The van der Waals surface area contributed by atoms with Crippen molar-refractivity contribution in [3.8, 4) is 0 Å². The first-order chi connectivity index (χ1) is 13.7. The van der Waals surface area contributed by atoms with Crippen LogP contribution in [0.4, 0.5) is 36.3 Å². The van der Waals surface area contributed by atoms with Gasteiger partial charge in [0.25, 0.3) is 0 Å². The summed E-state index contributed by atoms with van der Waals surface area (Å²) in [5, 5.41) is 2.90. The van der Waals surface area contributed by atoms with Gasteiger partial charge in [0.2, 0.25) is 5.95 Å². The first-order valence-corrected chi connectivity index (χ1v) is 9.88. The van der Waals surface area contributed by atoms with E-state index < -0.39 is 11.7 Å². The third kappa shape index (κ3) is 5.72. The smallest absolute Gasteiger partial charge is 0.399 e. The molecule has 0 unspecified atom stereocenters. The number of aromatic nitrogens is 2. The molecule has 1 fully saturated rings. The summed E-state index contributed by atoms with van der Waals surface area (Å²) in [6, 6.07) is 5.38. The number of piperidine rings is 1. The lowest BCUT2D eigenvalue weighted by molar-refractivity contribution is -0.137. The number of nitrogen functional groups attached to an aromatic ring is 1. The van der Waals surface area contributed by atoms with Crippen molar-refractivity contribution in [1.29, 1.82) is 0 Å². The number of unbranched alkanes of at least 4 members (excludes halogenated alkanes) is 1. The fourth-order valence-electron chi connectivity index (χ4n) is 3.42. The molecule has 0 radical (unpaired) electrons. The number of nitrogens with zero attached hydrogens (tertiary/aromatic N) is 3. The Labute approximate surface area is 168 Å². The monoisotopic (exact) mass is 408 g/mol. The van der Waals surface area contributed by atoms with E-state index in [0.717, 1.165) is 62.3 Å². The molecule has 0 amide bonds. The van der Waals surface area contributed by atoms with Crippen LogP contribution >= 0.6 is 0 Å². The van der Waals surface area contributed by atoms with Crippen molar-refractivity contribution in [1.82, 2.24) is 9.97 Å². The number of hydrogen-bond donors (Lipinski definition) is 3. The number of aryl methyl sites for hydroxylation is 1. The minimum Gasteiger partial charge on any atom is -0.399 e. The molecular weight excluding hydrogens is 381 g/mol. The summed E-state index contributed by atoms with van der Waals surface area (Å²) in [6.07, 6.45) is 0.212. The molecule has 1 aromatic carbocycles. The fraction of sp³-hybridized carbons (Fsp3) is 0.500. The van der Waals surface area contributed by atoms with Gasteiger partial charge >= 0.3 is 6.18 Å². The Balaban J connectivity index is 1.91. The maximum absolute atomic E-state index is 13.1. The molecule has 29 heavy (non-hydrogen) atoms. The zero-order valence-corrected chi connectivity index (χ0v) is 16.5. The molecule has 5 N–H and O–H groups in total. The van der Waals surface area contributed by atoms with Gasteiger partial charge in [0, 0.05) is 42.3 Å². The van der Waals surface area contributed by atoms with Gasteiger partial charge in [-0.25, -0.2) is 4.98 Å². The average Bonchev–Trinajstić information content (AvgIpc) is 2.65. The molecule has 0 aliphatic carbocycles. The second-order valence-electron chi connectivity index (χ2n) is 7.46. The summed E-state index contributed by atoms with van der Waals surface area (Å²) < 4.78 is 39.3. The molecule has 1 atom stereocenters. The SMILES string of the molecule is CCCCc1cc(N2CCC[C@@H](N)C2)nc(Nc2cc(N)cc(C(F)(F)F)c2)n1. The second-order valence-corrected chi connectivity index (χ2v) is 7.46. The minimum absolute atomic E-state index is 0.0201. The number of benzene rings is 1. The van der Waals surface area contributed by atoms with E-state index in [9.17, 15) is 13.2 Å². The van der Waals surface area contributed by atoms with Crippen LogP contribution in [0.25, 0.3) is 0 Å². The van der Waals surface area contributed by atoms with Crippen LogP contribution in [-0.4, -0.2) is 29.1 Å². The first-order valence-electron chi connectivity index (χ1n) is 9.88. The van der Waals surface area contributed by atoms with Crippen molar-refractivity contribution in [2.75, 3.05) is 29.0 Å². The molecule has 3 rings (SSSR count). The van der Waals surface area contributed by atoms with E-state index in [1.165, 1.54) is 6.07 Å². The van der Waals surface area contributed by atoms with E-state index in [2.05, 4.69) is 27.1 Å². The van der Waals surface area contributed by atoms with Gasteiger partial charge in [0.15, 0.2) is 0 Å². The number of hydrogen-bond acceptors (Lipinski definition) is 6. The number of anilines is 4. The van der Waals surface area contributed by atoms with Gasteiger partial charge in [-0.1, -0.05) is 13.3 Å². The summed E-state index contributed by atoms with van der Waals surface area (Å²) >= 11 is 0. The van der Waals surface area contributed by atoms with Gasteiger partial charge < -0.3 is 21.7 Å². The van der Waals surface area contributed by atoms with Gasteiger partial charge in [-0.2, -0.15) is 18.2 Å². The predicted octanol–water partition coefficient (Wildman–Crippen LogP) is 4.09. The summed E-state index contributed by atoms with van der Waals surface area (Å²) in [6.45, 7) is 3.63. The standard InChI is InChI=1S/C20H27F3N6/c1-2-3-6-16-11-18(29-7-4-5-14(24)12-29)28-19(26-16)27-17-9-13(20(21,22)23)8-15(25)10-17/h8-11,14H,2-7,12,24-25H2,1H3,(H,26,27,28)/t14-/m1/s1.